The lowest BCUT2D eigenvalue weighted by Gasteiger charge is -2.11. The second kappa shape index (κ2) is 5.09. The van der Waals surface area contributed by atoms with Crippen molar-refractivity contribution in [2.75, 3.05) is 0 Å². The quantitative estimate of drug-likeness (QED) is 0.765. The molecule has 1 fully saturated rings. The van der Waals surface area contributed by atoms with E-state index >= 15 is 0 Å². The summed E-state index contributed by atoms with van der Waals surface area (Å²) in [6, 6.07) is 2.76. The molecule has 0 N–H and O–H groups in total. The fraction of sp³-hybridized carbons (Fsp3) is 0.600. The van der Waals surface area contributed by atoms with Gasteiger partial charge in [-0.15, -0.1) is 0 Å². The normalized spacial score (nSPS) is 21.3. The fourth-order valence-corrected chi connectivity index (χ4v) is 3.00. The minimum Gasteiger partial charge on any atom is -0.299 e. The molecule has 1 heterocycles. The van der Waals surface area contributed by atoms with Gasteiger partial charge < -0.3 is 0 Å². The van der Waals surface area contributed by atoms with E-state index < -0.39 is 0 Å². The van der Waals surface area contributed by atoms with Crippen LogP contribution in [0.1, 0.15) is 56.7 Å². The third kappa shape index (κ3) is 2.55. The van der Waals surface area contributed by atoms with Gasteiger partial charge in [0.15, 0.2) is 0 Å². The van der Waals surface area contributed by atoms with Crippen LogP contribution in [0.2, 0.25) is 0 Å². The summed E-state index contributed by atoms with van der Waals surface area (Å²) in [5, 5.41) is 4.70. The minimum atomic E-state index is 0.371. The van der Waals surface area contributed by atoms with Crippen LogP contribution in [0.5, 0.6) is 0 Å². The van der Waals surface area contributed by atoms with Crippen molar-refractivity contribution in [3.63, 3.8) is 0 Å². The van der Waals surface area contributed by atoms with E-state index in [4.69, 9.17) is 5.10 Å². The van der Waals surface area contributed by atoms with Crippen molar-refractivity contribution >= 4 is 5.78 Å². The Morgan fingerprint density at radius 2 is 2.11 bits per heavy atom. The van der Waals surface area contributed by atoms with Gasteiger partial charge in [0.25, 0.3) is 0 Å². The maximum absolute atomic E-state index is 11.2. The number of aromatic nitrogens is 2. The summed E-state index contributed by atoms with van der Waals surface area (Å²) in [6.07, 6.45) is 12.6. The van der Waals surface area contributed by atoms with Gasteiger partial charge >= 0.3 is 0 Å². The van der Waals surface area contributed by atoms with E-state index in [1.165, 1.54) is 31.3 Å². The molecule has 1 aromatic rings. The third-order valence-corrected chi connectivity index (χ3v) is 4.11. The molecule has 0 amide bonds. The first kappa shape index (κ1) is 11.7. The van der Waals surface area contributed by atoms with Crippen LogP contribution in [0.4, 0.5) is 0 Å². The largest absolute Gasteiger partial charge is 0.299 e. The molecule has 0 bridgehead atoms. The molecule has 2 aliphatic rings. The van der Waals surface area contributed by atoms with Crippen LogP contribution in [0, 0.1) is 0 Å². The first-order valence-corrected chi connectivity index (χ1v) is 7.05. The standard InChI is InChI=1S/C15H20N2O/c18-15-7-5-12(6-8-15)11-13-9-10-17(16-13)14-3-1-2-4-14/h5,9-10,14H,1-4,6-8,11H2. The van der Waals surface area contributed by atoms with Crippen molar-refractivity contribution in [2.45, 2.75) is 57.4 Å². The van der Waals surface area contributed by atoms with Crippen molar-refractivity contribution in [3.05, 3.63) is 29.6 Å². The maximum atomic E-state index is 11.2. The molecule has 0 atom stereocenters. The Hall–Kier alpha value is -1.38. The molecule has 0 unspecified atom stereocenters. The molecule has 3 heteroatoms. The third-order valence-electron chi connectivity index (χ3n) is 4.11. The minimum absolute atomic E-state index is 0.371. The lowest BCUT2D eigenvalue weighted by molar-refractivity contribution is -0.118. The summed E-state index contributed by atoms with van der Waals surface area (Å²) < 4.78 is 2.15. The summed E-state index contributed by atoms with van der Waals surface area (Å²) in [7, 11) is 0. The summed E-state index contributed by atoms with van der Waals surface area (Å²) in [4.78, 5) is 11.2. The molecule has 3 rings (SSSR count). The molecular formula is C15H20N2O. The summed E-state index contributed by atoms with van der Waals surface area (Å²) in [6.45, 7) is 0. The maximum Gasteiger partial charge on any atom is 0.136 e. The molecule has 18 heavy (non-hydrogen) atoms. The van der Waals surface area contributed by atoms with E-state index in [1.807, 2.05) is 0 Å². The average Bonchev–Trinajstić information content (AvgIpc) is 3.02. The van der Waals surface area contributed by atoms with Crippen molar-refractivity contribution in [1.82, 2.24) is 9.78 Å². The number of ketones is 1. The Balaban J connectivity index is 1.64. The number of rotatable bonds is 3. The molecule has 2 aliphatic carbocycles. The molecule has 0 aromatic carbocycles. The van der Waals surface area contributed by atoms with Crippen LogP contribution >= 0.6 is 0 Å². The lowest BCUT2D eigenvalue weighted by Crippen LogP contribution is -2.07. The van der Waals surface area contributed by atoms with Crippen molar-refractivity contribution < 1.29 is 4.79 Å². The SMILES string of the molecule is O=C1CC=C(Cc2ccn(C3CCCC3)n2)CC1. The number of nitrogens with zero attached hydrogens (tertiary/aromatic N) is 2. The highest BCUT2D eigenvalue weighted by molar-refractivity contribution is 5.81. The van der Waals surface area contributed by atoms with Crippen LogP contribution in [0.3, 0.4) is 0 Å². The van der Waals surface area contributed by atoms with Gasteiger partial charge in [-0.2, -0.15) is 5.10 Å². The second-order valence-electron chi connectivity index (χ2n) is 5.51. The van der Waals surface area contributed by atoms with Gasteiger partial charge in [0, 0.05) is 25.5 Å². The predicted molar refractivity (Wildman–Crippen MR) is 70.4 cm³/mol. The Kier molecular flexibility index (Phi) is 3.31. The van der Waals surface area contributed by atoms with Crippen LogP contribution in [-0.4, -0.2) is 15.6 Å². The molecule has 0 aliphatic heterocycles. The highest BCUT2D eigenvalue weighted by Gasteiger charge is 2.18. The highest BCUT2D eigenvalue weighted by atomic mass is 16.1. The highest BCUT2D eigenvalue weighted by Crippen LogP contribution is 2.29. The molecule has 0 radical (unpaired) electrons. The Morgan fingerprint density at radius 1 is 1.28 bits per heavy atom. The number of allylic oxidation sites excluding steroid dienone is 2. The van der Waals surface area contributed by atoms with Gasteiger partial charge in [0.05, 0.1) is 11.7 Å². The van der Waals surface area contributed by atoms with E-state index in [-0.39, 0.29) is 0 Å². The van der Waals surface area contributed by atoms with E-state index in [0.29, 0.717) is 18.2 Å². The monoisotopic (exact) mass is 244 g/mol. The average molecular weight is 244 g/mol. The number of carbonyl (C=O) groups excluding carboxylic acids is 1. The molecule has 96 valence electrons. The topological polar surface area (TPSA) is 34.9 Å². The summed E-state index contributed by atoms with van der Waals surface area (Å²) in [5.74, 6) is 0.371. The van der Waals surface area contributed by atoms with Gasteiger partial charge in [-0.05, 0) is 25.3 Å². The smallest absolute Gasteiger partial charge is 0.136 e. The number of carbonyl (C=O) groups is 1. The summed E-state index contributed by atoms with van der Waals surface area (Å²) in [5.41, 5.74) is 2.54. The molecule has 1 aromatic heterocycles. The zero-order valence-electron chi connectivity index (χ0n) is 10.8. The number of hydrogen-bond acceptors (Lipinski definition) is 2. The van der Waals surface area contributed by atoms with Gasteiger partial charge in [0.1, 0.15) is 5.78 Å². The molecule has 1 saturated carbocycles. The van der Waals surface area contributed by atoms with Crippen molar-refractivity contribution in [3.8, 4) is 0 Å². The van der Waals surface area contributed by atoms with Crippen molar-refractivity contribution in [2.24, 2.45) is 0 Å². The van der Waals surface area contributed by atoms with Gasteiger partial charge in [0.2, 0.25) is 0 Å². The zero-order valence-corrected chi connectivity index (χ0v) is 10.8. The van der Waals surface area contributed by atoms with E-state index in [2.05, 4.69) is 23.0 Å². The van der Waals surface area contributed by atoms with Crippen LogP contribution in [0.15, 0.2) is 23.9 Å². The Labute approximate surface area is 108 Å². The van der Waals surface area contributed by atoms with Crippen LogP contribution in [0.25, 0.3) is 0 Å². The number of hydrogen-bond donors (Lipinski definition) is 0. The van der Waals surface area contributed by atoms with E-state index in [1.54, 1.807) is 0 Å². The van der Waals surface area contributed by atoms with Crippen LogP contribution < -0.4 is 0 Å². The predicted octanol–water partition coefficient (Wildman–Crippen LogP) is 3.22. The first-order chi connectivity index (χ1) is 8.81. The molecule has 0 spiro atoms. The van der Waals surface area contributed by atoms with Crippen molar-refractivity contribution in [1.29, 1.82) is 0 Å². The zero-order chi connectivity index (χ0) is 12.4. The van der Waals surface area contributed by atoms with Gasteiger partial charge in [-0.1, -0.05) is 24.5 Å². The Bertz CT molecular complexity index is 467. The molecule has 0 saturated heterocycles. The van der Waals surface area contributed by atoms with E-state index in [0.717, 1.165) is 25.0 Å². The van der Waals surface area contributed by atoms with E-state index in [9.17, 15) is 4.79 Å². The molecule has 3 nitrogen and oxygen atoms in total. The van der Waals surface area contributed by atoms with Gasteiger partial charge in [-0.25, -0.2) is 0 Å². The fourth-order valence-electron chi connectivity index (χ4n) is 3.00. The summed E-state index contributed by atoms with van der Waals surface area (Å²) >= 11 is 0. The second-order valence-corrected chi connectivity index (χ2v) is 5.51. The van der Waals surface area contributed by atoms with Crippen LogP contribution in [-0.2, 0) is 11.2 Å². The molecular weight excluding hydrogens is 224 g/mol. The number of Topliss-reactive ketones (excluding diaryl/α,β-unsaturated/α-hetero) is 1. The Morgan fingerprint density at radius 3 is 2.83 bits per heavy atom. The lowest BCUT2D eigenvalue weighted by atomic mass is 9.95. The first-order valence-electron chi connectivity index (χ1n) is 7.05. The van der Waals surface area contributed by atoms with Gasteiger partial charge in [-0.3, -0.25) is 9.48 Å².